The van der Waals surface area contributed by atoms with Crippen molar-refractivity contribution >= 4 is 28.2 Å². The van der Waals surface area contributed by atoms with Crippen LogP contribution < -0.4 is 10.6 Å². The van der Waals surface area contributed by atoms with E-state index >= 15 is 0 Å². The van der Waals surface area contributed by atoms with E-state index in [9.17, 15) is 18.0 Å². The molecule has 142 valence electrons. The van der Waals surface area contributed by atoms with Crippen molar-refractivity contribution in [1.82, 2.24) is 24.9 Å². The van der Waals surface area contributed by atoms with Crippen molar-refractivity contribution in [2.24, 2.45) is 7.05 Å². The number of nitrogens with two attached hydrogens (primary N) is 1. The van der Waals surface area contributed by atoms with Gasteiger partial charge in [0, 0.05) is 33.2 Å². The van der Waals surface area contributed by atoms with Gasteiger partial charge in [0.05, 0.1) is 5.69 Å². The number of nitrogen functional groups attached to an aromatic ring is 1. The van der Waals surface area contributed by atoms with Crippen LogP contribution in [-0.2, 0) is 13.2 Å². The van der Waals surface area contributed by atoms with Crippen LogP contribution in [0.5, 0.6) is 0 Å². The summed E-state index contributed by atoms with van der Waals surface area (Å²) in [5.74, 6) is 0.0794. The van der Waals surface area contributed by atoms with Crippen molar-refractivity contribution < 1.29 is 18.0 Å². The van der Waals surface area contributed by atoms with Gasteiger partial charge in [0.15, 0.2) is 0 Å². The number of carbonyl (C=O) groups is 1. The third kappa shape index (κ3) is 3.45. The van der Waals surface area contributed by atoms with Crippen LogP contribution in [-0.4, -0.2) is 57.0 Å². The third-order valence-corrected chi connectivity index (χ3v) is 5.22. The Bertz CT molecular complexity index is 816. The number of aromatic nitrogens is 4. The van der Waals surface area contributed by atoms with Crippen molar-refractivity contribution in [3.05, 3.63) is 16.3 Å². The van der Waals surface area contributed by atoms with Gasteiger partial charge in [-0.15, -0.1) is 10.2 Å². The Morgan fingerprint density at radius 3 is 2.50 bits per heavy atom. The topological polar surface area (TPSA) is 93.2 Å². The summed E-state index contributed by atoms with van der Waals surface area (Å²) < 4.78 is 39.5. The zero-order chi connectivity index (χ0) is 19.1. The second-order valence-corrected chi connectivity index (χ2v) is 6.95. The summed E-state index contributed by atoms with van der Waals surface area (Å²) >= 11 is 0.512. The molecule has 1 amide bonds. The first-order valence-electron chi connectivity index (χ1n) is 7.92. The Kier molecular flexibility index (Phi) is 4.78. The molecule has 12 heteroatoms. The summed E-state index contributed by atoms with van der Waals surface area (Å²) in [6.45, 7) is 3.42. The molecule has 3 heterocycles. The van der Waals surface area contributed by atoms with Crippen molar-refractivity contribution in [2.45, 2.75) is 19.5 Å². The summed E-state index contributed by atoms with van der Waals surface area (Å²) in [5, 5.41) is 10.3. The van der Waals surface area contributed by atoms with E-state index in [1.807, 2.05) is 0 Å². The Morgan fingerprint density at radius 1 is 1.19 bits per heavy atom. The van der Waals surface area contributed by atoms with Crippen LogP contribution in [0.4, 0.5) is 24.1 Å². The van der Waals surface area contributed by atoms with E-state index < -0.39 is 11.2 Å². The molecule has 1 aliphatic rings. The maximum absolute atomic E-state index is 12.8. The van der Waals surface area contributed by atoms with Crippen LogP contribution in [0.25, 0.3) is 0 Å². The maximum atomic E-state index is 12.8. The average Bonchev–Trinajstić information content (AvgIpc) is 3.05. The molecule has 8 nitrogen and oxygen atoms in total. The first-order valence-corrected chi connectivity index (χ1v) is 8.74. The summed E-state index contributed by atoms with van der Waals surface area (Å²) in [7, 11) is 1.66. The Labute approximate surface area is 151 Å². The van der Waals surface area contributed by atoms with Crippen molar-refractivity contribution in [1.29, 1.82) is 0 Å². The predicted octanol–water partition coefficient (Wildman–Crippen LogP) is 1.53. The van der Waals surface area contributed by atoms with Gasteiger partial charge in [0.2, 0.25) is 10.1 Å². The molecule has 0 radical (unpaired) electrons. The molecule has 0 aliphatic carbocycles. The number of halogens is 3. The Balaban J connectivity index is 1.72. The highest BCUT2D eigenvalue weighted by Gasteiger charge is 2.36. The lowest BCUT2D eigenvalue weighted by molar-refractivity contribution is -0.138. The van der Waals surface area contributed by atoms with E-state index in [-0.39, 0.29) is 11.0 Å². The second-order valence-electron chi connectivity index (χ2n) is 5.99. The molecule has 0 unspecified atom stereocenters. The maximum Gasteiger partial charge on any atom is 0.445 e. The lowest BCUT2D eigenvalue weighted by atomic mass is 10.2. The predicted molar refractivity (Wildman–Crippen MR) is 90.0 cm³/mol. The minimum absolute atomic E-state index is 0.212. The molecule has 1 aliphatic heterocycles. The molecule has 26 heavy (non-hydrogen) atoms. The molecule has 2 N–H and O–H groups in total. The minimum Gasteiger partial charge on any atom is -0.383 e. The van der Waals surface area contributed by atoms with Gasteiger partial charge in [-0.25, -0.2) is 0 Å². The molecule has 0 aromatic carbocycles. The fraction of sp³-hybridized carbons (Fsp3) is 0.571. The zero-order valence-corrected chi connectivity index (χ0v) is 15.1. The smallest absolute Gasteiger partial charge is 0.383 e. The monoisotopic (exact) mass is 389 g/mol. The number of rotatable bonds is 2. The van der Waals surface area contributed by atoms with E-state index in [0.717, 1.165) is 0 Å². The largest absolute Gasteiger partial charge is 0.445 e. The highest BCUT2D eigenvalue weighted by Crippen LogP contribution is 2.34. The molecule has 3 rings (SSSR count). The van der Waals surface area contributed by atoms with Crippen molar-refractivity contribution in [3.63, 3.8) is 0 Å². The number of aryl methyl sites for hydroxylation is 2. The number of carbonyl (C=O) groups excluding carboxylic acids is 1. The van der Waals surface area contributed by atoms with Gasteiger partial charge in [0.25, 0.3) is 5.91 Å². The average molecular weight is 389 g/mol. The fourth-order valence-corrected chi connectivity index (χ4v) is 3.63. The molecule has 1 fully saturated rings. The SMILES string of the molecule is Cc1nn(C)c(N)c1C(=O)N1CCCN(c2nnc(C(F)(F)F)s2)CC1. The third-order valence-electron chi connectivity index (χ3n) is 4.19. The molecule has 0 spiro atoms. The van der Waals surface area contributed by atoms with Crippen LogP contribution in [0.15, 0.2) is 0 Å². The minimum atomic E-state index is -4.50. The molecular weight excluding hydrogens is 371 g/mol. The fourth-order valence-electron chi connectivity index (χ4n) is 2.87. The van der Waals surface area contributed by atoms with E-state index in [2.05, 4.69) is 15.3 Å². The first kappa shape index (κ1) is 18.4. The van der Waals surface area contributed by atoms with Gasteiger partial charge in [0.1, 0.15) is 11.4 Å². The van der Waals surface area contributed by atoms with E-state index in [1.165, 1.54) is 4.68 Å². The summed E-state index contributed by atoms with van der Waals surface area (Å²) in [5.41, 5.74) is 6.85. The van der Waals surface area contributed by atoms with E-state index in [0.29, 0.717) is 61.0 Å². The first-order chi connectivity index (χ1) is 12.2. The van der Waals surface area contributed by atoms with Gasteiger partial charge in [-0.1, -0.05) is 11.3 Å². The number of alkyl halides is 3. The van der Waals surface area contributed by atoms with Crippen LogP contribution in [0, 0.1) is 6.92 Å². The number of amides is 1. The second kappa shape index (κ2) is 6.74. The quantitative estimate of drug-likeness (QED) is 0.837. The number of hydrogen-bond donors (Lipinski definition) is 1. The molecule has 0 bridgehead atoms. The molecule has 2 aromatic heterocycles. The van der Waals surface area contributed by atoms with Crippen molar-refractivity contribution in [3.8, 4) is 0 Å². The molecule has 0 atom stereocenters. The van der Waals surface area contributed by atoms with Crippen LogP contribution in [0.1, 0.15) is 27.5 Å². The number of anilines is 2. The van der Waals surface area contributed by atoms with Crippen molar-refractivity contribution in [2.75, 3.05) is 36.8 Å². The Hall–Kier alpha value is -2.37. The normalized spacial score (nSPS) is 16.0. The molecule has 0 saturated carbocycles. The van der Waals surface area contributed by atoms with Crippen LogP contribution in [0.3, 0.4) is 0 Å². The lowest BCUT2D eigenvalue weighted by Gasteiger charge is -2.21. The highest BCUT2D eigenvalue weighted by atomic mass is 32.1. The zero-order valence-electron chi connectivity index (χ0n) is 14.2. The van der Waals surface area contributed by atoms with E-state index in [1.54, 1.807) is 23.8 Å². The van der Waals surface area contributed by atoms with E-state index in [4.69, 9.17) is 5.73 Å². The summed E-state index contributed by atoms with van der Waals surface area (Å²) in [4.78, 5) is 16.2. The Morgan fingerprint density at radius 2 is 1.92 bits per heavy atom. The highest BCUT2D eigenvalue weighted by molar-refractivity contribution is 7.15. The van der Waals surface area contributed by atoms with Gasteiger partial charge in [-0.2, -0.15) is 18.3 Å². The van der Waals surface area contributed by atoms with Gasteiger partial charge in [-0.05, 0) is 13.3 Å². The standard InChI is InChI=1S/C14H18F3N7OS/c1-8-9(10(18)22(2)21-8)11(25)23-4-3-5-24(7-6-23)13-20-19-12(26-13)14(15,16)17/h3-7,18H2,1-2H3. The molecule has 1 saturated heterocycles. The van der Waals surface area contributed by atoms with Gasteiger partial charge < -0.3 is 15.5 Å². The van der Waals surface area contributed by atoms with Crippen LogP contribution >= 0.6 is 11.3 Å². The number of nitrogens with zero attached hydrogens (tertiary/aromatic N) is 6. The molecular formula is C14H18F3N7OS. The number of hydrogen-bond acceptors (Lipinski definition) is 7. The lowest BCUT2D eigenvalue weighted by Crippen LogP contribution is -2.35. The summed E-state index contributed by atoms with van der Waals surface area (Å²) in [6, 6.07) is 0. The van der Waals surface area contributed by atoms with Crippen LogP contribution in [0.2, 0.25) is 0 Å². The summed E-state index contributed by atoms with van der Waals surface area (Å²) in [6.07, 6.45) is -3.90. The van der Waals surface area contributed by atoms with Gasteiger partial charge in [-0.3, -0.25) is 9.48 Å². The molecule has 2 aromatic rings. The van der Waals surface area contributed by atoms with Gasteiger partial charge >= 0.3 is 6.18 Å².